The van der Waals surface area contributed by atoms with E-state index >= 15 is 0 Å². The molecule has 1 amide bonds. The molecule has 27 heavy (non-hydrogen) atoms. The van der Waals surface area contributed by atoms with E-state index in [2.05, 4.69) is 5.32 Å². The van der Waals surface area contributed by atoms with Crippen LogP contribution in [-0.4, -0.2) is 23.6 Å². The minimum absolute atomic E-state index is 0.0997. The number of rotatable bonds is 7. The molecule has 0 fully saturated rings. The Hall–Kier alpha value is -3.80. The van der Waals surface area contributed by atoms with Gasteiger partial charge in [-0.1, -0.05) is 24.3 Å². The molecule has 3 aromatic rings. The Morgan fingerprint density at radius 3 is 2.19 bits per heavy atom. The SMILES string of the molecule is O=C(COc1ccc(Oc2ccccc2)cc1)Nc1cccc(C(=O)O)c1. The summed E-state index contributed by atoms with van der Waals surface area (Å²) in [5, 5.41) is 11.6. The number of ether oxygens (including phenoxy) is 2. The van der Waals surface area contributed by atoms with Crippen molar-refractivity contribution in [1.29, 1.82) is 0 Å². The predicted molar refractivity (Wildman–Crippen MR) is 100 cm³/mol. The molecule has 0 atom stereocenters. The number of nitrogens with one attached hydrogen (secondary N) is 1. The molecule has 3 rings (SSSR count). The van der Waals surface area contributed by atoms with Gasteiger partial charge in [-0.3, -0.25) is 4.79 Å². The summed E-state index contributed by atoms with van der Waals surface area (Å²) in [4.78, 5) is 22.9. The lowest BCUT2D eigenvalue weighted by molar-refractivity contribution is -0.118. The van der Waals surface area contributed by atoms with Gasteiger partial charge in [0.2, 0.25) is 0 Å². The van der Waals surface area contributed by atoms with Crippen molar-refractivity contribution in [1.82, 2.24) is 0 Å². The van der Waals surface area contributed by atoms with Crippen molar-refractivity contribution in [3.05, 3.63) is 84.4 Å². The van der Waals surface area contributed by atoms with E-state index in [-0.39, 0.29) is 18.1 Å². The van der Waals surface area contributed by atoms with Crippen molar-refractivity contribution < 1.29 is 24.2 Å². The molecule has 2 N–H and O–H groups in total. The molecule has 0 aliphatic rings. The number of carboxylic acids is 1. The monoisotopic (exact) mass is 363 g/mol. The van der Waals surface area contributed by atoms with Crippen LogP contribution in [0.25, 0.3) is 0 Å². The normalized spacial score (nSPS) is 10.1. The number of anilines is 1. The summed E-state index contributed by atoms with van der Waals surface area (Å²) in [6, 6.07) is 22.3. The zero-order valence-corrected chi connectivity index (χ0v) is 14.3. The molecule has 0 saturated carbocycles. The second-order valence-electron chi connectivity index (χ2n) is 5.61. The highest BCUT2D eigenvalue weighted by atomic mass is 16.5. The lowest BCUT2D eigenvalue weighted by Gasteiger charge is -2.09. The second kappa shape index (κ2) is 8.53. The summed E-state index contributed by atoms with van der Waals surface area (Å²) in [7, 11) is 0. The number of hydrogen-bond acceptors (Lipinski definition) is 4. The number of aromatic carboxylic acids is 1. The first kappa shape index (κ1) is 18.0. The van der Waals surface area contributed by atoms with Crippen LogP contribution in [0.1, 0.15) is 10.4 Å². The maximum atomic E-state index is 12.0. The third kappa shape index (κ3) is 5.34. The Morgan fingerprint density at radius 2 is 1.48 bits per heavy atom. The van der Waals surface area contributed by atoms with Crippen LogP contribution in [0.15, 0.2) is 78.9 Å². The number of carbonyl (C=O) groups is 2. The van der Waals surface area contributed by atoms with Gasteiger partial charge < -0.3 is 19.9 Å². The fourth-order valence-electron chi connectivity index (χ4n) is 2.30. The van der Waals surface area contributed by atoms with Gasteiger partial charge >= 0.3 is 5.97 Å². The van der Waals surface area contributed by atoms with Crippen molar-refractivity contribution in [2.45, 2.75) is 0 Å². The van der Waals surface area contributed by atoms with Crippen LogP contribution in [0.4, 0.5) is 5.69 Å². The van der Waals surface area contributed by atoms with Crippen molar-refractivity contribution in [3.63, 3.8) is 0 Å². The topological polar surface area (TPSA) is 84.9 Å². The van der Waals surface area contributed by atoms with Crippen LogP contribution in [0.2, 0.25) is 0 Å². The summed E-state index contributed by atoms with van der Waals surface area (Å²) < 4.78 is 11.1. The van der Waals surface area contributed by atoms with Gasteiger partial charge in [-0.15, -0.1) is 0 Å². The lowest BCUT2D eigenvalue weighted by atomic mass is 10.2. The van der Waals surface area contributed by atoms with E-state index < -0.39 is 5.97 Å². The molecular weight excluding hydrogens is 346 g/mol. The largest absolute Gasteiger partial charge is 0.484 e. The third-order valence-electron chi connectivity index (χ3n) is 3.57. The molecule has 6 nitrogen and oxygen atoms in total. The van der Waals surface area contributed by atoms with Gasteiger partial charge in [0.15, 0.2) is 6.61 Å². The average Bonchev–Trinajstić information content (AvgIpc) is 2.68. The molecule has 0 spiro atoms. The first-order chi connectivity index (χ1) is 13.1. The highest BCUT2D eigenvalue weighted by Gasteiger charge is 2.07. The smallest absolute Gasteiger partial charge is 0.335 e. The Morgan fingerprint density at radius 1 is 0.815 bits per heavy atom. The number of benzene rings is 3. The van der Waals surface area contributed by atoms with Gasteiger partial charge in [-0.2, -0.15) is 0 Å². The van der Waals surface area contributed by atoms with E-state index in [1.54, 1.807) is 36.4 Å². The summed E-state index contributed by atoms with van der Waals surface area (Å²) in [5.74, 6) is 0.463. The summed E-state index contributed by atoms with van der Waals surface area (Å²) in [6.45, 7) is -0.198. The molecule has 136 valence electrons. The fourth-order valence-corrected chi connectivity index (χ4v) is 2.30. The van der Waals surface area contributed by atoms with Gasteiger partial charge in [0.25, 0.3) is 5.91 Å². The third-order valence-corrected chi connectivity index (χ3v) is 3.57. The van der Waals surface area contributed by atoms with Crippen LogP contribution in [-0.2, 0) is 4.79 Å². The van der Waals surface area contributed by atoms with E-state index in [0.29, 0.717) is 17.2 Å². The molecule has 0 heterocycles. The molecule has 0 saturated heterocycles. The Labute approximate surface area is 156 Å². The zero-order valence-electron chi connectivity index (χ0n) is 14.3. The number of para-hydroxylation sites is 1. The quantitative estimate of drug-likeness (QED) is 0.657. The van der Waals surface area contributed by atoms with Crippen LogP contribution in [0, 0.1) is 0 Å². The summed E-state index contributed by atoms with van der Waals surface area (Å²) >= 11 is 0. The standard InChI is InChI=1S/C21H17NO5/c23-20(22-16-6-4-5-15(13-16)21(24)25)14-26-17-9-11-19(12-10-17)27-18-7-2-1-3-8-18/h1-13H,14H2,(H,22,23)(H,24,25). The first-order valence-electron chi connectivity index (χ1n) is 8.19. The maximum absolute atomic E-state index is 12.0. The van der Waals surface area contributed by atoms with Crippen molar-refractivity contribution in [3.8, 4) is 17.2 Å². The first-order valence-corrected chi connectivity index (χ1v) is 8.19. The molecule has 0 aliphatic heterocycles. The highest BCUT2D eigenvalue weighted by Crippen LogP contribution is 2.23. The van der Waals surface area contributed by atoms with Crippen LogP contribution >= 0.6 is 0 Å². The maximum Gasteiger partial charge on any atom is 0.335 e. The Bertz CT molecular complexity index is 923. The molecule has 0 radical (unpaired) electrons. The molecule has 0 unspecified atom stereocenters. The van der Waals surface area contributed by atoms with E-state index in [1.807, 2.05) is 30.3 Å². The molecule has 6 heteroatoms. The van der Waals surface area contributed by atoms with E-state index in [0.717, 1.165) is 5.75 Å². The number of carboxylic acid groups (broad SMARTS) is 1. The number of amides is 1. The van der Waals surface area contributed by atoms with E-state index in [4.69, 9.17) is 14.6 Å². The second-order valence-corrected chi connectivity index (χ2v) is 5.61. The molecule has 3 aromatic carbocycles. The van der Waals surface area contributed by atoms with Crippen molar-refractivity contribution in [2.75, 3.05) is 11.9 Å². The number of carbonyl (C=O) groups excluding carboxylic acids is 1. The van der Waals surface area contributed by atoms with Crippen molar-refractivity contribution >= 4 is 17.6 Å². The van der Waals surface area contributed by atoms with Gasteiger partial charge in [0.05, 0.1) is 5.56 Å². The van der Waals surface area contributed by atoms with Crippen LogP contribution < -0.4 is 14.8 Å². The summed E-state index contributed by atoms with van der Waals surface area (Å²) in [5.41, 5.74) is 0.498. The fraction of sp³-hybridized carbons (Fsp3) is 0.0476. The lowest BCUT2D eigenvalue weighted by Crippen LogP contribution is -2.20. The minimum atomic E-state index is -1.06. The minimum Gasteiger partial charge on any atom is -0.484 e. The van der Waals surface area contributed by atoms with Crippen molar-refractivity contribution in [2.24, 2.45) is 0 Å². The average molecular weight is 363 g/mol. The molecule has 0 aliphatic carbocycles. The number of hydrogen-bond donors (Lipinski definition) is 2. The summed E-state index contributed by atoms with van der Waals surface area (Å²) in [6.07, 6.45) is 0. The zero-order chi connectivity index (χ0) is 19.1. The Balaban J connectivity index is 1.51. The van der Waals surface area contributed by atoms with Gasteiger partial charge in [-0.25, -0.2) is 4.79 Å². The van der Waals surface area contributed by atoms with Crippen LogP contribution in [0.3, 0.4) is 0 Å². The van der Waals surface area contributed by atoms with E-state index in [1.165, 1.54) is 12.1 Å². The van der Waals surface area contributed by atoms with Gasteiger partial charge in [0, 0.05) is 5.69 Å². The van der Waals surface area contributed by atoms with Gasteiger partial charge in [-0.05, 0) is 54.6 Å². The van der Waals surface area contributed by atoms with Gasteiger partial charge in [0.1, 0.15) is 17.2 Å². The van der Waals surface area contributed by atoms with Crippen LogP contribution in [0.5, 0.6) is 17.2 Å². The predicted octanol–water partition coefficient (Wildman–Crippen LogP) is 4.19. The molecular formula is C21H17NO5. The van der Waals surface area contributed by atoms with E-state index in [9.17, 15) is 9.59 Å². The highest BCUT2D eigenvalue weighted by molar-refractivity contribution is 5.94. The molecule has 0 bridgehead atoms. The Kier molecular flexibility index (Phi) is 5.69. The molecule has 0 aromatic heterocycles.